The van der Waals surface area contributed by atoms with Crippen LogP contribution in [0, 0.1) is 0 Å². The number of hydrogen-bond acceptors (Lipinski definition) is 8. The van der Waals surface area contributed by atoms with Gasteiger partial charge in [0.2, 0.25) is 5.82 Å². The number of amides is 1. The minimum Gasteiger partial charge on any atom is -0.409 e. The molecular weight excluding hydrogens is 408 g/mol. The number of aromatic amines is 1. The van der Waals surface area contributed by atoms with Crippen LogP contribution in [0.15, 0.2) is 65.7 Å². The van der Waals surface area contributed by atoms with Crippen molar-refractivity contribution in [3.8, 4) is 11.7 Å². The minimum absolute atomic E-state index is 0.0896. The first-order valence-corrected chi connectivity index (χ1v) is 10.1. The van der Waals surface area contributed by atoms with Crippen LogP contribution in [0.3, 0.4) is 0 Å². The molecule has 1 aromatic carbocycles. The maximum Gasteiger partial charge on any atom is 0.312 e. The Morgan fingerprint density at radius 2 is 1.88 bits per heavy atom. The molecule has 0 fully saturated rings. The number of aromatic nitrogens is 7. The molecule has 0 unspecified atom stereocenters. The molecular formula is C22H16N8O2. The van der Waals surface area contributed by atoms with Gasteiger partial charge in [0.1, 0.15) is 6.04 Å². The zero-order valence-electron chi connectivity index (χ0n) is 16.7. The number of hydrogen-bond donors (Lipinski definition) is 1. The predicted octanol–water partition coefficient (Wildman–Crippen LogP) is 2.59. The Morgan fingerprint density at radius 3 is 2.75 bits per heavy atom. The van der Waals surface area contributed by atoms with Gasteiger partial charge in [0.25, 0.3) is 5.89 Å². The summed E-state index contributed by atoms with van der Waals surface area (Å²) in [6.45, 7) is 0.451. The molecule has 1 N–H and O–H groups in total. The van der Waals surface area contributed by atoms with Crippen LogP contribution < -0.4 is 0 Å². The monoisotopic (exact) mass is 424 g/mol. The zero-order valence-corrected chi connectivity index (χ0v) is 16.7. The van der Waals surface area contributed by atoms with Gasteiger partial charge in [0.15, 0.2) is 0 Å². The number of carbonyl (C=O) groups excluding carboxylic acids is 1. The summed E-state index contributed by atoms with van der Waals surface area (Å²) in [7, 11) is 0. The normalized spacial score (nSPS) is 15.6. The molecule has 0 saturated heterocycles. The van der Waals surface area contributed by atoms with Gasteiger partial charge in [-0.15, -0.1) is 10.2 Å². The lowest BCUT2D eigenvalue weighted by Gasteiger charge is -2.33. The van der Waals surface area contributed by atoms with Crippen LogP contribution in [0.25, 0.3) is 22.5 Å². The average Bonchev–Trinajstić information content (AvgIpc) is 3.53. The van der Waals surface area contributed by atoms with Crippen molar-refractivity contribution in [3.05, 3.63) is 84.3 Å². The number of H-pyrrole nitrogens is 1. The number of imidazole rings is 1. The Hall–Kier alpha value is -4.47. The van der Waals surface area contributed by atoms with E-state index < -0.39 is 11.9 Å². The van der Waals surface area contributed by atoms with E-state index in [2.05, 4.69) is 35.1 Å². The molecule has 5 heterocycles. The summed E-state index contributed by atoms with van der Waals surface area (Å²) in [5, 5.41) is 9.96. The lowest BCUT2D eigenvalue weighted by molar-refractivity contribution is 0.0647. The van der Waals surface area contributed by atoms with E-state index in [-0.39, 0.29) is 17.6 Å². The second kappa shape index (κ2) is 7.34. The van der Waals surface area contributed by atoms with Gasteiger partial charge in [0.05, 0.1) is 17.7 Å². The molecule has 4 aromatic heterocycles. The largest absolute Gasteiger partial charge is 0.409 e. The van der Waals surface area contributed by atoms with Crippen LogP contribution >= 0.6 is 0 Å². The predicted molar refractivity (Wildman–Crippen MR) is 112 cm³/mol. The lowest BCUT2D eigenvalue weighted by Crippen LogP contribution is -2.41. The molecule has 1 amide bonds. The maximum atomic E-state index is 13.4. The zero-order chi connectivity index (χ0) is 21.5. The number of nitrogens with one attached hydrogen (secondary N) is 1. The highest BCUT2D eigenvalue weighted by Gasteiger charge is 2.37. The molecule has 156 valence electrons. The Bertz CT molecular complexity index is 1430. The molecule has 10 heteroatoms. The van der Waals surface area contributed by atoms with Crippen LogP contribution in [0.1, 0.15) is 33.8 Å². The van der Waals surface area contributed by atoms with Crippen molar-refractivity contribution >= 4 is 16.7 Å². The van der Waals surface area contributed by atoms with Gasteiger partial charge >= 0.3 is 11.8 Å². The quantitative estimate of drug-likeness (QED) is 0.468. The first-order chi connectivity index (χ1) is 15.8. The van der Waals surface area contributed by atoms with Crippen LogP contribution in [0.5, 0.6) is 0 Å². The Morgan fingerprint density at radius 1 is 1.03 bits per heavy atom. The number of carbonyl (C=O) groups is 1. The van der Waals surface area contributed by atoms with Crippen molar-refractivity contribution in [3.63, 3.8) is 0 Å². The fourth-order valence-corrected chi connectivity index (χ4v) is 3.98. The molecule has 1 aliphatic heterocycles. The third kappa shape index (κ3) is 3.00. The maximum absolute atomic E-state index is 13.4. The molecule has 5 aromatic rings. The highest BCUT2D eigenvalue weighted by Crippen LogP contribution is 2.34. The minimum atomic E-state index is -0.481. The summed E-state index contributed by atoms with van der Waals surface area (Å²) in [6, 6.07) is 11.2. The lowest BCUT2D eigenvalue weighted by atomic mass is 9.98. The smallest absolute Gasteiger partial charge is 0.312 e. The van der Waals surface area contributed by atoms with E-state index in [0.717, 1.165) is 27.9 Å². The number of rotatable bonds is 3. The average molecular weight is 424 g/mol. The second-order valence-electron chi connectivity index (χ2n) is 7.36. The topological polar surface area (TPSA) is 127 Å². The van der Waals surface area contributed by atoms with E-state index in [1.165, 1.54) is 0 Å². The van der Waals surface area contributed by atoms with Crippen LogP contribution in [-0.4, -0.2) is 52.5 Å². The molecule has 32 heavy (non-hydrogen) atoms. The van der Waals surface area contributed by atoms with Gasteiger partial charge in [-0.05, 0) is 17.5 Å². The molecule has 0 spiro atoms. The molecule has 10 nitrogen and oxygen atoms in total. The number of nitrogens with zero attached hydrogens (tertiary/aromatic N) is 7. The van der Waals surface area contributed by atoms with Gasteiger partial charge in [-0.25, -0.2) is 15.0 Å². The van der Waals surface area contributed by atoms with Crippen LogP contribution in [-0.2, 0) is 6.42 Å². The van der Waals surface area contributed by atoms with Crippen molar-refractivity contribution in [1.82, 2.24) is 40.0 Å². The van der Waals surface area contributed by atoms with Crippen molar-refractivity contribution in [2.75, 3.05) is 6.54 Å². The first-order valence-electron chi connectivity index (χ1n) is 10.1. The first kappa shape index (κ1) is 18.3. The molecule has 0 saturated carbocycles. The Balaban J connectivity index is 1.40. The van der Waals surface area contributed by atoms with E-state index in [9.17, 15) is 4.79 Å². The third-order valence-corrected chi connectivity index (χ3v) is 5.48. The van der Waals surface area contributed by atoms with E-state index in [1.54, 1.807) is 29.7 Å². The van der Waals surface area contributed by atoms with E-state index in [1.807, 2.05) is 36.5 Å². The van der Waals surface area contributed by atoms with Gasteiger partial charge < -0.3 is 14.3 Å². The number of fused-ring (bicyclic) bond motifs is 2. The fourth-order valence-electron chi connectivity index (χ4n) is 3.98. The van der Waals surface area contributed by atoms with Crippen molar-refractivity contribution < 1.29 is 9.21 Å². The van der Waals surface area contributed by atoms with Gasteiger partial charge in [-0.2, -0.15) is 0 Å². The molecule has 0 radical (unpaired) electrons. The van der Waals surface area contributed by atoms with Gasteiger partial charge in [-0.3, -0.25) is 9.78 Å². The highest BCUT2D eigenvalue weighted by atomic mass is 16.4. The van der Waals surface area contributed by atoms with Crippen molar-refractivity contribution in [1.29, 1.82) is 0 Å². The molecule has 6 rings (SSSR count). The summed E-state index contributed by atoms with van der Waals surface area (Å²) in [5.74, 6) is -0.169. The van der Waals surface area contributed by atoms with Crippen LogP contribution in [0.2, 0.25) is 0 Å². The van der Waals surface area contributed by atoms with Crippen molar-refractivity contribution in [2.24, 2.45) is 0 Å². The third-order valence-electron chi connectivity index (χ3n) is 5.48. The fraction of sp³-hybridized carbons (Fsp3) is 0.136. The molecule has 0 bridgehead atoms. The summed E-state index contributed by atoms with van der Waals surface area (Å²) >= 11 is 0. The Labute approximate surface area is 181 Å². The standard InChI is InChI=1S/C22H16N8O2/c31-22(21-29-28-20(32-21)19-23-7-3-8-24-19)30-9-6-15-17(27-12-26-15)18(30)16-10-13-4-1-2-5-14(13)11-25-16/h1-5,7-8,10-12,18H,6,9H2,(H,26,27)/t18-/m1/s1. The summed E-state index contributed by atoms with van der Waals surface area (Å²) in [4.78, 5) is 35.6. The summed E-state index contributed by atoms with van der Waals surface area (Å²) in [6.07, 6.45) is 7.22. The summed E-state index contributed by atoms with van der Waals surface area (Å²) in [5.41, 5.74) is 2.47. The van der Waals surface area contributed by atoms with Crippen LogP contribution in [0.4, 0.5) is 0 Å². The van der Waals surface area contributed by atoms with Crippen molar-refractivity contribution in [2.45, 2.75) is 12.5 Å². The van der Waals surface area contributed by atoms with E-state index in [0.29, 0.717) is 13.0 Å². The molecule has 0 aliphatic carbocycles. The SMILES string of the molecule is O=C(c1nnc(-c2ncccn2)o1)N1CCc2[nH]cnc2[C@H]1c1cc2ccccc2cn1. The molecule has 1 atom stereocenters. The van der Waals surface area contributed by atoms with E-state index >= 15 is 0 Å². The summed E-state index contributed by atoms with van der Waals surface area (Å²) < 4.78 is 5.62. The number of benzene rings is 1. The highest BCUT2D eigenvalue weighted by molar-refractivity contribution is 5.90. The molecule has 1 aliphatic rings. The second-order valence-corrected chi connectivity index (χ2v) is 7.36. The number of pyridine rings is 1. The Kier molecular flexibility index (Phi) is 4.20. The van der Waals surface area contributed by atoms with E-state index in [4.69, 9.17) is 4.42 Å². The van der Waals surface area contributed by atoms with Gasteiger partial charge in [0, 0.05) is 42.6 Å². The van der Waals surface area contributed by atoms with Gasteiger partial charge in [-0.1, -0.05) is 24.3 Å².